The average Bonchev–Trinajstić information content (AvgIpc) is 2.78. The van der Waals surface area contributed by atoms with Gasteiger partial charge < -0.3 is 5.11 Å². The highest BCUT2D eigenvalue weighted by molar-refractivity contribution is 7.92. The highest BCUT2D eigenvalue weighted by Gasteiger charge is 2.36. The minimum atomic E-state index is -3.93. The number of aliphatic hydroxyl groups excluding tert-OH is 1. The largest absolute Gasteiger partial charge is 0.392 e. The van der Waals surface area contributed by atoms with Gasteiger partial charge in [-0.3, -0.25) is 0 Å². The van der Waals surface area contributed by atoms with Gasteiger partial charge in [0.2, 0.25) is 10.0 Å². The van der Waals surface area contributed by atoms with E-state index in [0.717, 1.165) is 22.5 Å². The summed E-state index contributed by atoms with van der Waals surface area (Å²) >= 11 is 0. The van der Waals surface area contributed by atoms with Crippen molar-refractivity contribution in [1.82, 2.24) is 4.31 Å². The lowest BCUT2D eigenvalue weighted by molar-refractivity contribution is 0.275. The van der Waals surface area contributed by atoms with Crippen molar-refractivity contribution >= 4 is 19.9 Å². The predicted octanol–water partition coefficient (Wildman–Crippen LogP) is 0.126. The minimum Gasteiger partial charge on any atom is -0.392 e. The summed E-state index contributed by atoms with van der Waals surface area (Å²) in [6.07, 6.45) is 0.242. The van der Waals surface area contributed by atoms with Crippen LogP contribution in [0.25, 0.3) is 0 Å². The summed E-state index contributed by atoms with van der Waals surface area (Å²) < 4.78 is 62.1. The molecule has 0 radical (unpaired) electrons. The van der Waals surface area contributed by atoms with E-state index >= 15 is 0 Å². The number of benzene rings is 1. The van der Waals surface area contributed by atoms with E-state index in [-0.39, 0.29) is 28.4 Å². The van der Waals surface area contributed by atoms with Gasteiger partial charge >= 0.3 is 0 Å². The monoisotopic (exact) mass is 337 g/mol. The fourth-order valence-electron chi connectivity index (χ4n) is 2.26. The molecule has 1 aromatic carbocycles. The lowest BCUT2D eigenvalue weighted by Gasteiger charge is -2.23. The number of hydrogen-bond donors (Lipinski definition) is 1. The van der Waals surface area contributed by atoms with Gasteiger partial charge in [0, 0.05) is 18.7 Å². The highest BCUT2D eigenvalue weighted by Crippen LogP contribution is 2.24. The van der Waals surface area contributed by atoms with Crippen LogP contribution < -0.4 is 0 Å². The molecule has 0 aliphatic carbocycles. The molecule has 118 valence electrons. The molecule has 1 N–H and O–H groups in total. The van der Waals surface area contributed by atoms with E-state index in [0.29, 0.717) is 0 Å². The Hall–Kier alpha value is -1.03. The lowest BCUT2D eigenvalue weighted by atomic mass is 10.2. The molecule has 1 atom stereocenters. The molecule has 1 fully saturated rings. The zero-order valence-corrected chi connectivity index (χ0v) is 13.0. The maximum absolute atomic E-state index is 13.3. The van der Waals surface area contributed by atoms with Crippen molar-refractivity contribution in [1.29, 1.82) is 0 Å². The van der Waals surface area contributed by atoms with Crippen molar-refractivity contribution in [3.8, 4) is 0 Å². The molecular weight excluding hydrogens is 321 g/mol. The summed E-state index contributed by atoms with van der Waals surface area (Å²) in [5, 5.41) is 9.00. The van der Waals surface area contributed by atoms with Crippen LogP contribution in [0.4, 0.5) is 4.39 Å². The molecule has 0 aromatic heterocycles. The second kappa shape index (κ2) is 5.64. The maximum atomic E-state index is 13.3. The van der Waals surface area contributed by atoms with Gasteiger partial charge in [-0.15, -0.1) is 0 Å². The fraction of sp³-hybridized carbons (Fsp3) is 0.500. The molecule has 21 heavy (non-hydrogen) atoms. The second-order valence-electron chi connectivity index (χ2n) is 4.99. The van der Waals surface area contributed by atoms with E-state index in [1.807, 2.05) is 0 Å². The van der Waals surface area contributed by atoms with E-state index in [2.05, 4.69) is 0 Å². The fourth-order valence-corrected chi connectivity index (χ4v) is 5.56. The van der Waals surface area contributed by atoms with Gasteiger partial charge in [-0.1, -0.05) is 0 Å². The van der Waals surface area contributed by atoms with Gasteiger partial charge in [0.15, 0.2) is 9.84 Å². The van der Waals surface area contributed by atoms with Gasteiger partial charge in [0.05, 0.1) is 23.0 Å². The molecule has 1 aliphatic rings. The topological polar surface area (TPSA) is 91.8 Å². The van der Waals surface area contributed by atoms with E-state index in [1.54, 1.807) is 0 Å². The summed E-state index contributed by atoms with van der Waals surface area (Å²) in [4.78, 5) is -0.167. The molecule has 1 heterocycles. The molecule has 0 bridgehead atoms. The first-order valence-corrected chi connectivity index (χ1v) is 9.51. The summed E-state index contributed by atoms with van der Waals surface area (Å²) in [6.45, 7) is -0.614. The number of hydrogen-bond acceptors (Lipinski definition) is 5. The maximum Gasteiger partial charge on any atom is 0.243 e. The molecule has 1 aromatic rings. The summed E-state index contributed by atoms with van der Waals surface area (Å²) in [5.41, 5.74) is -0.122. The van der Waals surface area contributed by atoms with Crippen LogP contribution in [0.2, 0.25) is 0 Å². The van der Waals surface area contributed by atoms with Crippen LogP contribution >= 0.6 is 0 Å². The third-order valence-corrected chi connectivity index (χ3v) is 7.24. The molecule has 1 unspecified atom stereocenters. The number of sulfonamides is 1. The smallest absolute Gasteiger partial charge is 0.243 e. The Morgan fingerprint density at radius 1 is 1.43 bits per heavy atom. The molecule has 6 nitrogen and oxygen atoms in total. The molecule has 9 heteroatoms. The van der Waals surface area contributed by atoms with Gasteiger partial charge in [-0.2, -0.15) is 4.31 Å². The SMILES string of the molecule is CN(C1CCS(=O)(=O)C1)S(=O)(=O)c1ccc(F)c(CO)c1. The first-order chi connectivity index (χ1) is 9.67. The highest BCUT2D eigenvalue weighted by atomic mass is 32.2. The third-order valence-electron chi connectivity index (χ3n) is 3.59. The molecule has 1 aliphatic heterocycles. The van der Waals surface area contributed by atoms with Crippen LogP contribution in [0.5, 0.6) is 0 Å². The predicted molar refractivity (Wildman–Crippen MR) is 74.3 cm³/mol. The Morgan fingerprint density at radius 3 is 2.62 bits per heavy atom. The van der Waals surface area contributed by atoms with Gasteiger partial charge in [-0.25, -0.2) is 21.2 Å². The average molecular weight is 337 g/mol. The summed E-state index contributed by atoms with van der Waals surface area (Å²) in [6, 6.07) is 2.51. The number of sulfone groups is 1. The number of halogens is 1. The Kier molecular flexibility index (Phi) is 4.39. The van der Waals surface area contributed by atoms with Crippen LogP contribution in [-0.4, -0.2) is 50.8 Å². The summed E-state index contributed by atoms with van der Waals surface area (Å²) in [5.74, 6) is -0.942. The Bertz CT molecular complexity index is 745. The van der Waals surface area contributed by atoms with E-state index in [1.165, 1.54) is 7.05 Å². The number of nitrogens with zero attached hydrogens (tertiary/aromatic N) is 1. The number of rotatable bonds is 4. The van der Waals surface area contributed by atoms with E-state index in [9.17, 15) is 21.2 Å². The summed E-state index contributed by atoms with van der Waals surface area (Å²) in [7, 11) is -5.83. The standard InChI is InChI=1S/C12H16FNO5S2/c1-14(10-4-5-20(16,17)8-10)21(18,19)11-2-3-12(13)9(6-11)7-15/h2-3,6,10,15H,4-5,7-8H2,1H3. The number of aliphatic hydroxyl groups is 1. The Labute approximate surface area is 123 Å². The van der Waals surface area contributed by atoms with Crippen molar-refractivity contribution in [3.05, 3.63) is 29.6 Å². The van der Waals surface area contributed by atoms with Crippen molar-refractivity contribution < 1.29 is 26.3 Å². The second-order valence-corrected chi connectivity index (χ2v) is 9.22. The van der Waals surface area contributed by atoms with Crippen molar-refractivity contribution in [2.75, 3.05) is 18.6 Å². The zero-order valence-electron chi connectivity index (χ0n) is 11.4. The van der Waals surface area contributed by atoms with Crippen molar-refractivity contribution in [3.63, 3.8) is 0 Å². The molecule has 0 saturated carbocycles. The molecule has 2 rings (SSSR count). The minimum absolute atomic E-state index is 0.0389. The van der Waals surface area contributed by atoms with Gasteiger partial charge in [-0.05, 0) is 24.6 Å². The zero-order chi connectivity index (χ0) is 15.8. The molecule has 0 amide bonds. The molecular formula is C12H16FNO5S2. The van der Waals surface area contributed by atoms with Crippen molar-refractivity contribution in [2.24, 2.45) is 0 Å². The molecule has 0 spiro atoms. The van der Waals surface area contributed by atoms with E-state index < -0.39 is 38.3 Å². The first kappa shape index (κ1) is 16.3. The van der Waals surface area contributed by atoms with Crippen LogP contribution in [0.15, 0.2) is 23.1 Å². The molecule has 1 saturated heterocycles. The van der Waals surface area contributed by atoms with Crippen LogP contribution in [0.3, 0.4) is 0 Å². The van der Waals surface area contributed by atoms with Gasteiger partial charge in [0.25, 0.3) is 0 Å². The first-order valence-electron chi connectivity index (χ1n) is 6.25. The Balaban J connectivity index is 2.34. The van der Waals surface area contributed by atoms with Crippen molar-refractivity contribution in [2.45, 2.75) is 24.0 Å². The normalized spacial score (nSPS) is 21.8. The van der Waals surface area contributed by atoms with E-state index in [4.69, 9.17) is 5.11 Å². The quantitative estimate of drug-likeness (QED) is 0.843. The Morgan fingerprint density at radius 2 is 2.10 bits per heavy atom. The van der Waals surface area contributed by atoms with Crippen LogP contribution in [-0.2, 0) is 26.5 Å². The lowest BCUT2D eigenvalue weighted by Crippen LogP contribution is -2.37. The van der Waals surface area contributed by atoms with Crippen LogP contribution in [0, 0.1) is 5.82 Å². The third kappa shape index (κ3) is 3.25. The van der Waals surface area contributed by atoms with Crippen LogP contribution in [0.1, 0.15) is 12.0 Å². The van der Waals surface area contributed by atoms with Gasteiger partial charge in [0.1, 0.15) is 5.82 Å².